The lowest BCUT2D eigenvalue weighted by atomic mass is 9.86. The molecular weight excluding hydrogens is 270 g/mol. The molecule has 1 saturated carbocycles. The molecule has 2 aliphatic rings. The standard InChI is InChI=1S/C15H21N3OS/c1-2-19-14-8-7-12(9-16-14)17-15-18-13-6-4-3-5-11(13)10-20-15/h7-9,11,13H,2-6,10H2,1H3,(H,17,18). The van der Waals surface area contributed by atoms with Gasteiger partial charge in [-0.05, 0) is 31.7 Å². The molecule has 0 saturated heterocycles. The monoisotopic (exact) mass is 291 g/mol. The molecular formula is C15H21N3OS. The van der Waals surface area contributed by atoms with Crippen LogP contribution in [0.25, 0.3) is 0 Å². The summed E-state index contributed by atoms with van der Waals surface area (Å²) in [6.07, 6.45) is 7.11. The van der Waals surface area contributed by atoms with Crippen molar-refractivity contribution < 1.29 is 4.74 Å². The van der Waals surface area contributed by atoms with Crippen LogP contribution in [0.1, 0.15) is 32.6 Å². The van der Waals surface area contributed by atoms with Gasteiger partial charge in [0.2, 0.25) is 5.88 Å². The molecule has 1 aliphatic heterocycles. The maximum absolute atomic E-state index is 5.35. The summed E-state index contributed by atoms with van der Waals surface area (Å²) < 4.78 is 5.35. The lowest BCUT2D eigenvalue weighted by Gasteiger charge is -2.32. The van der Waals surface area contributed by atoms with Crippen LogP contribution in [0.4, 0.5) is 5.69 Å². The average molecular weight is 291 g/mol. The molecule has 0 radical (unpaired) electrons. The minimum atomic E-state index is 0.531. The maximum Gasteiger partial charge on any atom is 0.213 e. The Balaban J connectivity index is 1.63. The largest absolute Gasteiger partial charge is 0.478 e. The van der Waals surface area contributed by atoms with Crippen LogP contribution in [0, 0.1) is 5.92 Å². The minimum Gasteiger partial charge on any atom is -0.478 e. The predicted octanol–water partition coefficient (Wildman–Crippen LogP) is 3.55. The molecule has 2 heterocycles. The highest BCUT2D eigenvalue weighted by Gasteiger charge is 2.29. The SMILES string of the molecule is CCOc1ccc(NC2=NC3CCCCC3CS2)cn1. The second-order valence-corrected chi connectivity index (χ2v) is 6.31. The molecule has 0 amide bonds. The number of nitrogens with one attached hydrogen (secondary N) is 1. The van der Waals surface area contributed by atoms with Gasteiger partial charge >= 0.3 is 0 Å². The van der Waals surface area contributed by atoms with E-state index in [1.807, 2.05) is 30.8 Å². The molecule has 108 valence electrons. The zero-order valence-electron chi connectivity index (χ0n) is 11.8. The van der Waals surface area contributed by atoms with Gasteiger partial charge in [-0.2, -0.15) is 0 Å². The number of ether oxygens (including phenoxy) is 1. The van der Waals surface area contributed by atoms with Gasteiger partial charge in [0.05, 0.1) is 24.5 Å². The molecule has 0 bridgehead atoms. The number of amidine groups is 1. The van der Waals surface area contributed by atoms with E-state index in [1.54, 1.807) is 6.20 Å². The van der Waals surface area contributed by atoms with Crippen LogP contribution in [0.2, 0.25) is 0 Å². The van der Waals surface area contributed by atoms with Gasteiger partial charge in [-0.25, -0.2) is 4.98 Å². The summed E-state index contributed by atoms with van der Waals surface area (Å²) in [5, 5.41) is 4.42. The third-order valence-corrected chi connectivity index (χ3v) is 4.94. The summed E-state index contributed by atoms with van der Waals surface area (Å²) in [4.78, 5) is 9.13. The number of pyridine rings is 1. The van der Waals surface area contributed by atoms with Crippen molar-refractivity contribution >= 4 is 22.6 Å². The van der Waals surface area contributed by atoms with Gasteiger partial charge in [0, 0.05) is 11.8 Å². The first-order valence-corrected chi connectivity index (χ1v) is 8.40. The Hall–Kier alpha value is -1.23. The highest BCUT2D eigenvalue weighted by Crippen LogP contribution is 2.34. The first-order valence-electron chi connectivity index (χ1n) is 7.41. The third kappa shape index (κ3) is 3.26. The number of aliphatic imine (C=N–C) groups is 1. The number of rotatable bonds is 3. The van der Waals surface area contributed by atoms with Crippen molar-refractivity contribution in [2.24, 2.45) is 10.9 Å². The average Bonchev–Trinajstić information content (AvgIpc) is 2.49. The Bertz CT molecular complexity index is 475. The number of hydrogen-bond acceptors (Lipinski definition) is 5. The van der Waals surface area contributed by atoms with Crippen LogP contribution in [-0.4, -0.2) is 28.6 Å². The quantitative estimate of drug-likeness (QED) is 0.925. The third-order valence-electron chi connectivity index (χ3n) is 3.87. The van der Waals surface area contributed by atoms with E-state index in [9.17, 15) is 0 Å². The topological polar surface area (TPSA) is 46.5 Å². The Morgan fingerprint density at radius 1 is 1.35 bits per heavy atom. The fraction of sp³-hybridized carbons (Fsp3) is 0.600. The van der Waals surface area contributed by atoms with E-state index in [0.29, 0.717) is 18.5 Å². The van der Waals surface area contributed by atoms with Gasteiger partial charge in [0.25, 0.3) is 0 Å². The molecule has 1 aromatic heterocycles. The van der Waals surface area contributed by atoms with Crippen LogP contribution in [-0.2, 0) is 0 Å². The number of aromatic nitrogens is 1. The molecule has 1 N–H and O–H groups in total. The van der Waals surface area contributed by atoms with Crippen molar-refractivity contribution in [3.8, 4) is 5.88 Å². The van der Waals surface area contributed by atoms with Gasteiger partial charge in [-0.3, -0.25) is 4.99 Å². The normalized spacial score (nSPS) is 25.6. The second-order valence-electron chi connectivity index (χ2n) is 5.30. The van der Waals surface area contributed by atoms with E-state index in [4.69, 9.17) is 9.73 Å². The van der Waals surface area contributed by atoms with Crippen LogP contribution < -0.4 is 10.1 Å². The highest BCUT2D eigenvalue weighted by atomic mass is 32.2. The maximum atomic E-state index is 5.35. The Morgan fingerprint density at radius 2 is 2.25 bits per heavy atom. The smallest absolute Gasteiger partial charge is 0.213 e. The van der Waals surface area contributed by atoms with Crippen molar-refractivity contribution in [2.45, 2.75) is 38.6 Å². The summed E-state index contributed by atoms with van der Waals surface area (Å²) >= 11 is 1.84. The first kappa shape index (κ1) is 13.7. The molecule has 1 aromatic rings. The summed E-state index contributed by atoms with van der Waals surface area (Å²) in [6.45, 7) is 2.60. The van der Waals surface area contributed by atoms with Crippen LogP contribution in [0.5, 0.6) is 5.88 Å². The zero-order valence-corrected chi connectivity index (χ0v) is 12.7. The number of fused-ring (bicyclic) bond motifs is 1. The van der Waals surface area contributed by atoms with Gasteiger partial charge in [0.1, 0.15) is 0 Å². The van der Waals surface area contributed by atoms with Gasteiger partial charge in [0.15, 0.2) is 5.17 Å². The second kappa shape index (κ2) is 6.48. The van der Waals surface area contributed by atoms with Gasteiger partial charge < -0.3 is 10.1 Å². The zero-order chi connectivity index (χ0) is 13.8. The van der Waals surface area contributed by atoms with Gasteiger partial charge in [-0.1, -0.05) is 24.6 Å². The van der Waals surface area contributed by atoms with E-state index in [2.05, 4.69) is 10.3 Å². The Kier molecular flexibility index (Phi) is 4.45. The Morgan fingerprint density at radius 3 is 3.05 bits per heavy atom. The lowest BCUT2D eigenvalue weighted by molar-refractivity contribution is 0.327. The molecule has 3 rings (SSSR count). The molecule has 20 heavy (non-hydrogen) atoms. The Labute approximate surface area is 124 Å². The fourth-order valence-corrected chi connectivity index (χ4v) is 3.97. The summed E-state index contributed by atoms with van der Waals surface area (Å²) in [6, 6.07) is 4.42. The molecule has 4 nitrogen and oxygen atoms in total. The summed E-state index contributed by atoms with van der Waals surface area (Å²) in [5.74, 6) is 2.66. The minimum absolute atomic E-state index is 0.531. The van der Waals surface area contributed by atoms with E-state index in [0.717, 1.165) is 16.8 Å². The molecule has 2 unspecified atom stereocenters. The number of hydrogen-bond donors (Lipinski definition) is 1. The molecule has 0 spiro atoms. The predicted molar refractivity (Wildman–Crippen MR) is 84.7 cm³/mol. The fourth-order valence-electron chi connectivity index (χ4n) is 2.81. The summed E-state index contributed by atoms with van der Waals surface area (Å²) in [7, 11) is 0. The van der Waals surface area contributed by atoms with Gasteiger partial charge in [-0.15, -0.1) is 0 Å². The first-order chi connectivity index (χ1) is 9.85. The van der Waals surface area contributed by atoms with Crippen molar-refractivity contribution in [2.75, 3.05) is 17.7 Å². The van der Waals surface area contributed by atoms with Crippen molar-refractivity contribution in [3.05, 3.63) is 18.3 Å². The summed E-state index contributed by atoms with van der Waals surface area (Å²) in [5.41, 5.74) is 0.981. The van der Waals surface area contributed by atoms with Crippen LogP contribution >= 0.6 is 11.8 Å². The molecule has 2 atom stereocenters. The number of anilines is 1. The van der Waals surface area contributed by atoms with Crippen molar-refractivity contribution in [1.82, 2.24) is 4.98 Å². The van der Waals surface area contributed by atoms with E-state index >= 15 is 0 Å². The molecule has 0 aromatic carbocycles. The molecule has 1 aliphatic carbocycles. The van der Waals surface area contributed by atoms with Crippen LogP contribution in [0.3, 0.4) is 0 Å². The van der Waals surface area contributed by atoms with Crippen molar-refractivity contribution in [3.63, 3.8) is 0 Å². The highest BCUT2D eigenvalue weighted by molar-refractivity contribution is 8.14. The number of thioether (sulfide) groups is 1. The van der Waals surface area contributed by atoms with E-state index < -0.39 is 0 Å². The van der Waals surface area contributed by atoms with Crippen LogP contribution in [0.15, 0.2) is 23.3 Å². The van der Waals surface area contributed by atoms with E-state index in [-0.39, 0.29) is 0 Å². The number of nitrogens with zero attached hydrogens (tertiary/aromatic N) is 2. The van der Waals surface area contributed by atoms with Crippen molar-refractivity contribution in [1.29, 1.82) is 0 Å². The van der Waals surface area contributed by atoms with E-state index in [1.165, 1.54) is 31.4 Å². The molecule has 1 fully saturated rings. The molecule has 5 heteroatoms. The lowest BCUT2D eigenvalue weighted by Crippen LogP contribution is -2.31.